The largest absolute Gasteiger partial charge is 0.352 e. The number of benzene rings is 1. The molecule has 0 saturated carbocycles. The molecule has 0 radical (unpaired) electrons. The SMILES string of the molecule is CCS(=O)(=O)C1CSCCN1c1cccc(SC)c1C#N. The zero-order valence-electron chi connectivity index (χ0n) is 12.1. The van der Waals surface area contributed by atoms with E-state index in [-0.39, 0.29) is 5.75 Å². The highest BCUT2D eigenvalue weighted by molar-refractivity contribution is 8.01. The molecule has 7 heteroatoms. The third-order valence-corrected chi connectivity index (χ3v) is 7.62. The molecule has 1 aromatic carbocycles. The van der Waals surface area contributed by atoms with Crippen molar-refractivity contribution in [3.63, 3.8) is 0 Å². The molecular formula is C14H18N2O2S3. The smallest absolute Gasteiger partial charge is 0.171 e. The van der Waals surface area contributed by atoms with Gasteiger partial charge in [-0.3, -0.25) is 0 Å². The minimum absolute atomic E-state index is 0.124. The highest BCUT2D eigenvalue weighted by atomic mass is 32.2. The highest BCUT2D eigenvalue weighted by Crippen LogP contribution is 2.33. The average Bonchev–Trinajstić information content (AvgIpc) is 2.53. The Morgan fingerprint density at radius 1 is 1.52 bits per heavy atom. The maximum Gasteiger partial charge on any atom is 0.171 e. The number of anilines is 1. The minimum Gasteiger partial charge on any atom is -0.352 e. The van der Waals surface area contributed by atoms with Gasteiger partial charge in [0.15, 0.2) is 9.84 Å². The predicted molar refractivity (Wildman–Crippen MR) is 90.9 cm³/mol. The zero-order chi connectivity index (χ0) is 15.5. The van der Waals surface area contributed by atoms with E-state index in [1.54, 1.807) is 18.7 Å². The second kappa shape index (κ2) is 6.95. The Labute approximate surface area is 134 Å². The molecular weight excluding hydrogens is 324 g/mol. The van der Waals surface area contributed by atoms with Crippen LogP contribution in [0.3, 0.4) is 0 Å². The van der Waals surface area contributed by atoms with Gasteiger partial charge in [0, 0.05) is 28.7 Å². The minimum atomic E-state index is -3.17. The number of thioether (sulfide) groups is 2. The first kappa shape index (κ1) is 16.5. The third-order valence-electron chi connectivity index (χ3n) is 3.55. The lowest BCUT2D eigenvalue weighted by molar-refractivity contribution is 0.579. The van der Waals surface area contributed by atoms with Gasteiger partial charge >= 0.3 is 0 Å². The highest BCUT2D eigenvalue weighted by Gasteiger charge is 2.34. The van der Waals surface area contributed by atoms with Crippen molar-refractivity contribution in [2.75, 3.05) is 35.0 Å². The van der Waals surface area contributed by atoms with E-state index >= 15 is 0 Å². The summed E-state index contributed by atoms with van der Waals surface area (Å²) in [5, 5.41) is 8.93. The quantitative estimate of drug-likeness (QED) is 0.784. The van der Waals surface area contributed by atoms with Gasteiger partial charge in [0.05, 0.1) is 11.3 Å². The van der Waals surface area contributed by atoms with E-state index in [4.69, 9.17) is 0 Å². The first-order valence-electron chi connectivity index (χ1n) is 6.68. The molecule has 21 heavy (non-hydrogen) atoms. The van der Waals surface area contributed by atoms with Crippen LogP contribution in [0.4, 0.5) is 5.69 Å². The van der Waals surface area contributed by atoms with Gasteiger partial charge in [0.2, 0.25) is 0 Å². The standard InChI is InChI=1S/C14H18N2O2S3/c1-3-21(17,18)14-10-20-8-7-16(14)12-5-4-6-13(19-2)11(12)9-15/h4-6,14H,3,7-8,10H2,1-2H3. The molecule has 1 atom stereocenters. The van der Waals surface area contributed by atoms with Crippen molar-refractivity contribution in [3.8, 4) is 6.07 Å². The molecule has 1 aliphatic heterocycles. The van der Waals surface area contributed by atoms with Crippen molar-refractivity contribution >= 4 is 39.0 Å². The lowest BCUT2D eigenvalue weighted by Crippen LogP contribution is -2.48. The van der Waals surface area contributed by atoms with Crippen LogP contribution < -0.4 is 4.90 Å². The van der Waals surface area contributed by atoms with Gasteiger partial charge in [0.25, 0.3) is 0 Å². The molecule has 2 rings (SSSR count). The summed E-state index contributed by atoms with van der Waals surface area (Å²) in [6.45, 7) is 2.33. The summed E-state index contributed by atoms with van der Waals surface area (Å²) in [4.78, 5) is 2.79. The van der Waals surface area contributed by atoms with Gasteiger partial charge in [-0.1, -0.05) is 13.0 Å². The monoisotopic (exact) mass is 342 g/mol. The van der Waals surface area contributed by atoms with Crippen molar-refractivity contribution in [1.82, 2.24) is 0 Å². The van der Waals surface area contributed by atoms with E-state index in [1.807, 2.05) is 29.4 Å². The second-order valence-electron chi connectivity index (χ2n) is 4.64. The molecule has 0 aromatic heterocycles. The predicted octanol–water partition coefficient (Wildman–Crippen LogP) is 2.59. The van der Waals surface area contributed by atoms with E-state index in [1.165, 1.54) is 11.8 Å². The van der Waals surface area contributed by atoms with Crippen LogP contribution in [0.15, 0.2) is 23.1 Å². The third kappa shape index (κ3) is 3.33. The Morgan fingerprint density at radius 3 is 2.90 bits per heavy atom. The molecule has 114 valence electrons. The number of sulfone groups is 1. The Hall–Kier alpha value is -0.840. The van der Waals surface area contributed by atoms with Gasteiger partial charge < -0.3 is 4.90 Å². The van der Waals surface area contributed by atoms with Gasteiger partial charge in [0.1, 0.15) is 11.4 Å². The maximum absolute atomic E-state index is 12.3. The Kier molecular flexibility index (Phi) is 5.47. The summed E-state index contributed by atoms with van der Waals surface area (Å²) >= 11 is 3.17. The van der Waals surface area contributed by atoms with Crippen LogP contribution in [0.25, 0.3) is 0 Å². The van der Waals surface area contributed by atoms with Crippen LogP contribution >= 0.6 is 23.5 Å². The van der Waals surface area contributed by atoms with Crippen molar-refractivity contribution in [2.24, 2.45) is 0 Å². The number of nitrogens with zero attached hydrogens (tertiary/aromatic N) is 2. The molecule has 1 heterocycles. The van der Waals surface area contributed by atoms with E-state index < -0.39 is 15.2 Å². The maximum atomic E-state index is 12.3. The fraction of sp³-hybridized carbons (Fsp3) is 0.500. The van der Waals surface area contributed by atoms with E-state index in [0.717, 1.165) is 16.3 Å². The normalized spacial score (nSPS) is 19.3. The van der Waals surface area contributed by atoms with Crippen LogP contribution in [0.5, 0.6) is 0 Å². The van der Waals surface area contributed by atoms with Crippen molar-refractivity contribution in [2.45, 2.75) is 17.2 Å². The van der Waals surface area contributed by atoms with Crippen LogP contribution in [0, 0.1) is 11.3 Å². The summed E-state index contributed by atoms with van der Waals surface area (Å²) in [7, 11) is -3.17. The molecule has 0 N–H and O–H groups in total. The fourth-order valence-corrected chi connectivity index (χ4v) is 5.94. The summed E-state index contributed by atoms with van der Waals surface area (Å²) in [5.41, 5.74) is 1.32. The molecule has 1 saturated heterocycles. The Morgan fingerprint density at radius 2 is 2.29 bits per heavy atom. The molecule has 0 bridgehead atoms. The number of nitriles is 1. The number of hydrogen-bond acceptors (Lipinski definition) is 6. The lowest BCUT2D eigenvalue weighted by atomic mass is 10.1. The summed E-state index contributed by atoms with van der Waals surface area (Å²) < 4.78 is 24.7. The molecule has 0 spiro atoms. The van der Waals surface area contributed by atoms with Gasteiger partial charge in [-0.2, -0.15) is 17.0 Å². The van der Waals surface area contributed by atoms with E-state index in [2.05, 4.69) is 6.07 Å². The average molecular weight is 343 g/mol. The fourth-order valence-electron chi connectivity index (χ4n) is 2.39. The second-order valence-corrected chi connectivity index (χ2v) is 9.09. The molecule has 1 fully saturated rings. The van der Waals surface area contributed by atoms with E-state index in [9.17, 15) is 13.7 Å². The molecule has 0 aliphatic carbocycles. The summed E-state index contributed by atoms with van der Waals surface area (Å²) in [5.74, 6) is 1.56. The lowest BCUT2D eigenvalue weighted by Gasteiger charge is -2.37. The van der Waals surface area contributed by atoms with E-state index in [0.29, 0.717) is 17.9 Å². The van der Waals surface area contributed by atoms with Gasteiger partial charge in [-0.25, -0.2) is 8.42 Å². The number of rotatable bonds is 4. The Balaban J connectivity index is 2.51. The summed E-state index contributed by atoms with van der Waals surface area (Å²) in [6.07, 6.45) is 1.92. The van der Waals surface area contributed by atoms with Crippen LogP contribution in [-0.4, -0.2) is 43.9 Å². The van der Waals surface area contributed by atoms with Crippen molar-refractivity contribution in [3.05, 3.63) is 23.8 Å². The first-order valence-corrected chi connectivity index (χ1v) is 10.8. The molecule has 1 aromatic rings. The summed E-state index contributed by atoms with van der Waals surface area (Å²) in [6, 6.07) is 7.88. The van der Waals surface area contributed by atoms with Gasteiger partial charge in [-0.05, 0) is 18.4 Å². The first-order chi connectivity index (χ1) is 10.0. The molecule has 1 unspecified atom stereocenters. The zero-order valence-corrected chi connectivity index (χ0v) is 14.5. The van der Waals surface area contributed by atoms with Crippen molar-refractivity contribution < 1.29 is 8.42 Å². The topological polar surface area (TPSA) is 61.2 Å². The molecule has 4 nitrogen and oxygen atoms in total. The van der Waals surface area contributed by atoms with Gasteiger partial charge in [-0.15, -0.1) is 11.8 Å². The van der Waals surface area contributed by atoms with Crippen LogP contribution in [0.1, 0.15) is 12.5 Å². The van der Waals surface area contributed by atoms with Crippen molar-refractivity contribution in [1.29, 1.82) is 5.26 Å². The molecule has 1 aliphatic rings. The number of hydrogen-bond donors (Lipinski definition) is 0. The van der Waals surface area contributed by atoms with Crippen LogP contribution in [0.2, 0.25) is 0 Å². The van der Waals surface area contributed by atoms with Crippen LogP contribution in [-0.2, 0) is 9.84 Å². The molecule has 0 amide bonds. The Bertz CT molecular complexity index is 653.